The SMILES string of the molecule is CCCCCCCCC/C=C/C(O)C(COP(=O)(O)OCCN)NC(=O)CCCCCCCCCCCCCCCCCCCCCC. The number of nitrogens with two attached hydrogens (primary N) is 1. The maximum Gasteiger partial charge on any atom is 0.472 e. The van der Waals surface area contributed by atoms with Crippen molar-refractivity contribution in [3.63, 3.8) is 0 Å². The molecule has 8 nitrogen and oxygen atoms in total. The van der Waals surface area contributed by atoms with Crippen molar-refractivity contribution in [1.82, 2.24) is 5.32 Å². The molecule has 0 aliphatic carbocycles. The second-order valence-electron chi connectivity index (χ2n) is 13.9. The van der Waals surface area contributed by atoms with Gasteiger partial charge in [-0.2, -0.15) is 0 Å². The average Bonchev–Trinajstić information content (AvgIpc) is 3.07. The Morgan fingerprint density at radius 3 is 1.48 bits per heavy atom. The van der Waals surface area contributed by atoms with E-state index < -0.39 is 20.0 Å². The molecule has 0 fully saturated rings. The Balaban J connectivity index is 4.08. The van der Waals surface area contributed by atoms with Gasteiger partial charge in [-0.05, 0) is 19.3 Å². The van der Waals surface area contributed by atoms with Gasteiger partial charge in [-0.1, -0.05) is 187 Å². The Morgan fingerprint density at radius 2 is 1.06 bits per heavy atom. The number of carbonyl (C=O) groups is 1. The lowest BCUT2D eigenvalue weighted by atomic mass is 10.0. The van der Waals surface area contributed by atoms with Gasteiger partial charge in [-0.25, -0.2) is 4.57 Å². The lowest BCUT2D eigenvalue weighted by molar-refractivity contribution is -0.123. The summed E-state index contributed by atoms with van der Waals surface area (Å²) in [5, 5.41) is 13.6. The normalized spacial score (nSPS) is 14.4. The van der Waals surface area contributed by atoms with Crippen LogP contribution in [-0.2, 0) is 18.4 Å². The molecule has 9 heteroatoms. The third-order valence-corrected chi connectivity index (χ3v) is 10.1. The highest BCUT2D eigenvalue weighted by atomic mass is 31.2. The zero-order valence-corrected chi connectivity index (χ0v) is 32.4. The summed E-state index contributed by atoms with van der Waals surface area (Å²) in [5.74, 6) is -0.193. The molecule has 0 heterocycles. The van der Waals surface area contributed by atoms with Gasteiger partial charge in [0.2, 0.25) is 5.91 Å². The number of rotatable bonds is 38. The van der Waals surface area contributed by atoms with Crippen LogP contribution >= 0.6 is 7.82 Å². The molecule has 0 rings (SSSR count). The smallest absolute Gasteiger partial charge is 0.387 e. The number of hydrogen-bond acceptors (Lipinski definition) is 6. The average molecular weight is 703 g/mol. The summed E-state index contributed by atoms with van der Waals surface area (Å²) >= 11 is 0. The molecular formula is C39H79N2O6P. The van der Waals surface area contributed by atoms with Crippen molar-refractivity contribution in [3.8, 4) is 0 Å². The van der Waals surface area contributed by atoms with Gasteiger partial charge in [-0.3, -0.25) is 13.8 Å². The monoisotopic (exact) mass is 703 g/mol. The van der Waals surface area contributed by atoms with Crippen LogP contribution in [0.1, 0.15) is 200 Å². The zero-order chi connectivity index (χ0) is 35.4. The van der Waals surface area contributed by atoms with E-state index in [-0.39, 0.29) is 25.7 Å². The summed E-state index contributed by atoms with van der Waals surface area (Å²) in [6, 6.07) is -0.852. The molecule has 0 saturated carbocycles. The van der Waals surface area contributed by atoms with Crippen molar-refractivity contribution in [2.45, 2.75) is 212 Å². The molecule has 0 radical (unpaired) electrons. The topological polar surface area (TPSA) is 131 Å². The maximum atomic E-state index is 12.7. The summed E-state index contributed by atoms with van der Waals surface area (Å²) in [6.07, 6.45) is 38.4. The van der Waals surface area contributed by atoms with E-state index >= 15 is 0 Å². The van der Waals surface area contributed by atoms with Gasteiger partial charge in [0.25, 0.3) is 0 Å². The predicted octanol–water partition coefficient (Wildman–Crippen LogP) is 10.8. The largest absolute Gasteiger partial charge is 0.472 e. The molecule has 0 spiro atoms. The van der Waals surface area contributed by atoms with Gasteiger partial charge in [0.15, 0.2) is 0 Å². The minimum Gasteiger partial charge on any atom is -0.387 e. The number of phosphoric ester groups is 1. The molecule has 286 valence electrons. The van der Waals surface area contributed by atoms with Gasteiger partial charge in [0.05, 0.1) is 25.4 Å². The molecule has 0 saturated heterocycles. The molecule has 0 aromatic rings. The van der Waals surface area contributed by atoms with E-state index in [9.17, 15) is 19.4 Å². The highest BCUT2D eigenvalue weighted by molar-refractivity contribution is 7.47. The fourth-order valence-electron chi connectivity index (χ4n) is 6.01. The molecule has 0 aliphatic rings. The Labute approximate surface area is 296 Å². The lowest BCUT2D eigenvalue weighted by Gasteiger charge is -2.23. The number of unbranched alkanes of at least 4 members (excludes halogenated alkanes) is 26. The summed E-state index contributed by atoms with van der Waals surface area (Å²) in [6.45, 7) is 4.11. The number of hydrogen-bond donors (Lipinski definition) is 4. The van der Waals surface area contributed by atoms with Crippen LogP contribution in [0.2, 0.25) is 0 Å². The fraction of sp³-hybridized carbons (Fsp3) is 0.923. The van der Waals surface area contributed by atoms with Crippen molar-refractivity contribution < 1.29 is 28.4 Å². The van der Waals surface area contributed by atoms with E-state index in [0.29, 0.717) is 6.42 Å². The molecule has 3 atom stereocenters. The molecule has 0 aromatic carbocycles. The van der Waals surface area contributed by atoms with E-state index in [2.05, 4.69) is 19.2 Å². The molecule has 1 amide bonds. The van der Waals surface area contributed by atoms with E-state index in [1.54, 1.807) is 6.08 Å². The summed E-state index contributed by atoms with van der Waals surface area (Å²) < 4.78 is 22.0. The minimum absolute atomic E-state index is 0.0809. The highest BCUT2D eigenvalue weighted by Crippen LogP contribution is 2.43. The number of aliphatic hydroxyl groups is 1. The van der Waals surface area contributed by atoms with Crippen LogP contribution in [0.3, 0.4) is 0 Å². The van der Waals surface area contributed by atoms with Crippen LogP contribution in [0, 0.1) is 0 Å². The van der Waals surface area contributed by atoms with Gasteiger partial charge in [0.1, 0.15) is 0 Å². The van der Waals surface area contributed by atoms with Crippen LogP contribution in [-0.4, -0.2) is 47.8 Å². The first-order valence-corrected chi connectivity index (χ1v) is 21.8. The summed E-state index contributed by atoms with van der Waals surface area (Å²) in [5.41, 5.74) is 5.35. The molecular weight excluding hydrogens is 623 g/mol. The van der Waals surface area contributed by atoms with E-state index in [1.165, 1.54) is 141 Å². The van der Waals surface area contributed by atoms with E-state index in [4.69, 9.17) is 14.8 Å². The first-order valence-electron chi connectivity index (χ1n) is 20.3. The van der Waals surface area contributed by atoms with Crippen LogP contribution in [0.5, 0.6) is 0 Å². The highest BCUT2D eigenvalue weighted by Gasteiger charge is 2.26. The quantitative estimate of drug-likeness (QED) is 0.0286. The van der Waals surface area contributed by atoms with Crippen molar-refractivity contribution in [1.29, 1.82) is 0 Å². The minimum atomic E-state index is -4.32. The van der Waals surface area contributed by atoms with Gasteiger partial charge >= 0.3 is 7.82 Å². The maximum absolute atomic E-state index is 12.7. The third kappa shape index (κ3) is 33.7. The number of nitrogens with one attached hydrogen (secondary N) is 1. The Hall–Kier alpha value is -0.760. The van der Waals surface area contributed by atoms with Gasteiger partial charge < -0.3 is 21.1 Å². The van der Waals surface area contributed by atoms with Crippen molar-refractivity contribution >= 4 is 13.7 Å². The molecule has 5 N–H and O–H groups in total. The van der Waals surface area contributed by atoms with Gasteiger partial charge in [0, 0.05) is 13.0 Å². The molecule has 3 unspecified atom stereocenters. The Morgan fingerprint density at radius 1 is 0.667 bits per heavy atom. The van der Waals surface area contributed by atoms with Crippen molar-refractivity contribution in [2.75, 3.05) is 19.8 Å². The van der Waals surface area contributed by atoms with Crippen LogP contribution in [0.4, 0.5) is 0 Å². The summed E-state index contributed by atoms with van der Waals surface area (Å²) in [7, 11) is -4.32. The van der Waals surface area contributed by atoms with E-state index in [0.717, 1.165) is 38.5 Å². The number of allylic oxidation sites excluding steroid dienone is 1. The predicted molar refractivity (Wildman–Crippen MR) is 203 cm³/mol. The van der Waals surface area contributed by atoms with Crippen LogP contribution in [0.25, 0.3) is 0 Å². The van der Waals surface area contributed by atoms with Crippen molar-refractivity contribution in [2.24, 2.45) is 5.73 Å². The lowest BCUT2D eigenvalue weighted by Crippen LogP contribution is -2.45. The van der Waals surface area contributed by atoms with Crippen LogP contribution < -0.4 is 11.1 Å². The standard InChI is InChI=1S/C39H79N2O6P/c1-3-5-7-9-11-13-14-15-16-17-18-19-20-21-22-23-25-27-29-31-33-39(43)41-37(36-47-48(44,45)46-35-34-40)38(42)32-30-28-26-24-12-10-8-6-4-2/h30,32,37-38,42H,3-29,31,33-36,40H2,1-2H3,(H,41,43)(H,44,45)/b32-30+. The molecule has 0 bridgehead atoms. The van der Waals surface area contributed by atoms with E-state index in [1.807, 2.05) is 6.08 Å². The second kappa shape index (κ2) is 36.0. The number of amides is 1. The first kappa shape index (κ1) is 47.2. The summed E-state index contributed by atoms with van der Waals surface area (Å²) in [4.78, 5) is 22.6. The van der Waals surface area contributed by atoms with Crippen molar-refractivity contribution in [3.05, 3.63) is 12.2 Å². The molecule has 48 heavy (non-hydrogen) atoms. The number of aliphatic hydroxyl groups excluding tert-OH is 1. The number of carbonyl (C=O) groups excluding carboxylic acids is 1. The fourth-order valence-corrected chi connectivity index (χ4v) is 6.77. The first-order chi connectivity index (χ1) is 23.4. The zero-order valence-electron chi connectivity index (χ0n) is 31.5. The third-order valence-electron chi connectivity index (χ3n) is 9.11. The van der Waals surface area contributed by atoms with Gasteiger partial charge in [-0.15, -0.1) is 0 Å². The van der Waals surface area contributed by atoms with Crippen LogP contribution in [0.15, 0.2) is 12.2 Å². The number of phosphoric acid groups is 1. The Bertz CT molecular complexity index is 769. The second-order valence-corrected chi connectivity index (χ2v) is 15.3. The molecule has 0 aliphatic heterocycles. The Kier molecular flexibility index (Phi) is 35.5. The molecule has 0 aromatic heterocycles.